The Kier molecular flexibility index (Phi) is 77.2. The van der Waals surface area contributed by atoms with Crippen LogP contribution in [-0.2, 0) is 26.9 Å². The van der Waals surface area contributed by atoms with Gasteiger partial charge in [-0.25, -0.2) is 0 Å². The Morgan fingerprint density at radius 1 is 0.600 bits per heavy atom. The van der Waals surface area contributed by atoms with Crippen molar-refractivity contribution in [1.29, 1.82) is 0 Å². The molecule has 1 N–H and O–H groups in total. The summed E-state index contributed by atoms with van der Waals surface area (Å²) in [5, 5.41) is 7.00. The van der Waals surface area contributed by atoms with E-state index >= 15 is 0 Å². The van der Waals surface area contributed by atoms with Gasteiger partial charge in [-0.3, -0.25) is 8.62 Å². The van der Waals surface area contributed by atoms with Gasteiger partial charge in [0.1, 0.15) is 33.0 Å². The van der Waals surface area contributed by atoms with Gasteiger partial charge >= 0.3 is 118 Å². The van der Waals surface area contributed by atoms with Crippen molar-refractivity contribution in [3.63, 3.8) is 0 Å². The molecule has 20 heavy (non-hydrogen) atoms. The maximum atomic E-state index is 9.29. The summed E-state index contributed by atoms with van der Waals surface area (Å²) in [5.74, 6) is 0. The monoisotopic (exact) mass is 412 g/mol. The molecule has 0 aliphatic carbocycles. The summed E-state index contributed by atoms with van der Waals surface area (Å²) in [6.07, 6.45) is 0. The van der Waals surface area contributed by atoms with Crippen molar-refractivity contribution in [2.24, 2.45) is 0 Å². The van der Waals surface area contributed by atoms with E-state index < -0.39 is 33.0 Å². The van der Waals surface area contributed by atoms with E-state index in [0.29, 0.717) is 0 Å². The SMILES string of the molecule is CO.O=[PH]([O-])O[PH](=O)[O-].O=[PH]([O-])O[PH](=O)[O-].[Na+].[Na+].[Na+].[Na+]. The average molecular weight is 412 g/mol. The van der Waals surface area contributed by atoms with Crippen LogP contribution in [0.5, 0.6) is 0 Å². The molecule has 102 valence electrons. The van der Waals surface area contributed by atoms with Crippen LogP contribution in [0.1, 0.15) is 0 Å². The first kappa shape index (κ1) is 44.3. The number of rotatable bonds is 4. The molecule has 0 aliphatic rings. The second-order valence-corrected chi connectivity index (χ2v) is 4.84. The number of hydrogen-bond donors (Lipinski definition) is 1. The maximum absolute atomic E-state index is 9.29. The van der Waals surface area contributed by atoms with E-state index in [1.807, 2.05) is 0 Å². The summed E-state index contributed by atoms with van der Waals surface area (Å²) in [5.41, 5.74) is 0. The van der Waals surface area contributed by atoms with Crippen LogP contribution in [-0.4, -0.2) is 12.2 Å². The molecule has 0 heterocycles. The fraction of sp³-hybridized carbons (Fsp3) is 1.00. The van der Waals surface area contributed by atoms with Crippen LogP contribution in [0.3, 0.4) is 0 Å². The maximum Gasteiger partial charge on any atom is 1.00 e. The fourth-order valence-electron chi connectivity index (χ4n) is 0.136. The van der Waals surface area contributed by atoms with Gasteiger partial charge in [0.25, 0.3) is 0 Å². The third-order valence-electron chi connectivity index (χ3n) is 0.333. The zero-order chi connectivity index (χ0) is 13.7. The predicted molar refractivity (Wildman–Crippen MR) is 46.3 cm³/mol. The van der Waals surface area contributed by atoms with Crippen LogP contribution >= 0.6 is 33.0 Å². The molecule has 0 bridgehead atoms. The van der Waals surface area contributed by atoms with Crippen molar-refractivity contribution in [1.82, 2.24) is 0 Å². The van der Waals surface area contributed by atoms with Gasteiger partial charge in [-0.2, -0.15) is 0 Å². The normalized spacial score (nSPS) is 13.3. The number of hydrogen-bond acceptors (Lipinski definition) is 11. The topological polar surface area (TPSA) is 199 Å². The second kappa shape index (κ2) is 34.9. The van der Waals surface area contributed by atoms with Crippen LogP contribution in [0.4, 0.5) is 0 Å². The first-order valence-corrected chi connectivity index (χ1v) is 7.80. The van der Waals surface area contributed by atoms with E-state index in [9.17, 15) is 37.8 Å². The molecule has 0 saturated heterocycles. The van der Waals surface area contributed by atoms with E-state index in [2.05, 4.69) is 8.62 Å². The minimum atomic E-state index is -3.51. The zero-order valence-electron chi connectivity index (χ0n) is 11.5. The Morgan fingerprint density at radius 3 is 0.700 bits per heavy atom. The molecule has 0 spiro atoms. The average Bonchev–Trinajstić information content (AvgIpc) is 2.03. The second-order valence-electron chi connectivity index (χ2n) is 1.20. The van der Waals surface area contributed by atoms with Gasteiger partial charge in [-0.05, 0) is 0 Å². The zero-order valence-corrected chi connectivity index (χ0v) is 23.5. The van der Waals surface area contributed by atoms with Gasteiger partial charge in [-0.15, -0.1) is 0 Å². The molecule has 0 aromatic heterocycles. The van der Waals surface area contributed by atoms with Crippen LogP contribution in [0.2, 0.25) is 0 Å². The van der Waals surface area contributed by atoms with E-state index in [4.69, 9.17) is 5.11 Å². The molecule has 0 aromatic carbocycles. The largest absolute Gasteiger partial charge is 1.00 e. The van der Waals surface area contributed by atoms with E-state index in [-0.39, 0.29) is 118 Å². The molecule has 11 nitrogen and oxygen atoms in total. The van der Waals surface area contributed by atoms with Crippen LogP contribution < -0.4 is 138 Å². The van der Waals surface area contributed by atoms with Gasteiger partial charge in [0, 0.05) is 7.11 Å². The molecule has 4 unspecified atom stereocenters. The molecule has 0 saturated carbocycles. The summed E-state index contributed by atoms with van der Waals surface area (Å²) in [4.78, 5) is 37.1. The van der Waals surface area contributed by atoms with Crippen LogP contribution in [0.25, 0.3) is 0 Å². The van der Waals surface area contributed by atoms with Gasteiger partial charge < -0.3 is 42.9 Å². The molecule has 19 heteroatoms. The molecular formula is CH8Na4O11P4. The smallest absolute Gasteiger partial charge is 0.781 e. The summed E-state index contributed by atoms with van der Waals surface area (Å²) in [6, 6.07) is 0. The van der Waals surface area contributed by atoms with Crippen molar-refractivity contribution in [3.8, 4) is 0 Å². The Morgan fingerprint density at radius 2 is 0.700 bits per heavy atom. The van der Waals surface area contributed by atoms with E-state index in [1.54, 1.807) is 0 Å². The van der Waals surface area contributed by atoms with Gasteiger partial charge in [0.2, 0.25) is 0 Å². The Hall–Kier alpha value is 4.64. The van der Waals surface area contributed by atoms with Gasteiger partial charge in [0.15, 0.2) is 0 Å². The molecule has 4 atom stereocenters. The van der Waals surface area contributed by atoms with Crippen molar-refractivity contribution in [2.75, 3.05) is 7.11 Å². The van der Waals surface area contributed by atoms with Crippen molar-refractivity contribution in [3.05, 3.63) is 0 Å². The summed E-state index contributed by atoms with van der Waals surface area (Å²) in [6.45, 7) is 0. The molecule has 0 fully saturated rings. The Bertz CT molecular complexity index is 211. The molecule has 0 radical (unpaired) electrons. The van der Waals surface area contributed by atoms with Crippen molar-refractivity contribution < 1.29 is 170 Å². The predicted octanol–water partition coefficient (Wildman–Crippen LogP) is -15.4. The van der Waals surface area contributed by atoms with Crippen molar-refractivity contribution >= 4 is 33.0 Å². The van der Waals surface area contributed by atoms with E-state index in [0.717, 1.165) is 7.11 Å². The third-order valence-corrected chi connectivity index (χ3v) is 3.00. The number of aliphatic hydroxyl groups is 1. The standard InChI is InChI=1S/CH4O.4Na.2H4O5P2/c1-2;;;;;2*1-6(2)5-7(3)4/h2H,1H3;;;;;2*6-7H,(H,1,2)(H,3,4)/q;4*+1;;/p-4. The van der Waals surface area contributed by atoms with Crippen LogP contribution in [0, 0.1) is 0 Å². The Balaban J connectivity index is -0.0000000254. The Labute approximate surface area is 206 Å². The third kappa shape index (κ3) is 66.4. The first-order chi connectivity index (χ1) is 7.25. The van der Waals surface area contributed by atoms with Crippen LogP contribution in [0.15, 0.2) is 0 Å². The summed E-state index contributed by atoms with van der Waals surface area (Å²) < 4.78 is 43.6. The minimum Gasteiger partial charge on any atom is -0.781 e. The quantitative estimate of drug-likeness (QED) is 0.340. The molecular weight excluding hydrogens is 404 g/mol. The number of aliphatic hydroxyl groups excluding tert-OH is 1. The molecule has 0 aliphatic heterocycles. The summed E-state index contributed by atoms with van der Waals surface area (Å²) >= 11 is 0. The van der Waals surface area contributed by atoms with Gasteiger partial charge in [0.05, 0.1) is 0 Å². The summed E-state index contributed by atoms with van der Waals surface area (Å²) in [7, 11) is -13.1. The molecule has 0 rings (SSSR count). The van der Waals surface area contributed by atoms with E-state index in [1.165, 1.54) is 0 Å². The first-order valence-electron chi connectivity index (χ1n) is 2.90. The molecule has 0 aromatic rings. The molecule has 0 amide bonds. The van der Waals surface area contributed by atoms with Crippen molar-refractivity contribution in [2.45, 2.75) is 0 Å². The fourth-order valence-corrected chi connectivity index (χ4v) is 1.22. The minimum absolute atomic E-state index is 0. The van der Waals surface area contributed by atoms with Gasteiger partial charge in [-0.1, -0.05) is 0 Å².